The van der Waals surface area contributed by atoms with Crippen molar-refractivity contribution in [2.24, 2.45) is 12.8 Å². The first kappa shape index (κ1) is 15.7. The van der Waals surface area contributed by atoms with Crippen LogP contribution in [0.4, 0.5) is 4.39 Å². The van der Waals surface area contributed by atoms with Gasteiger partial charge in [0.05, 0.1) is 5.69 Å². The summed E-state index contributed by atoms with van der Waals surface area (Å²) in [6.07, 6.45) is 2.51. The Bertz CT molecular complexity index is 631. The first-order valence-electron chi connectivity index (χ1n) is 7.38. The van der Waals surface area contributed by atoms with E-state index >= 15 is 0 Å². The van der Waals surface area contributed by atoms with E-state index in [1.54, 1.807) is 6.07 Å². The Morgan fingerprint density at radius 1 is 1.29 bits per heavy atom. The Hall–Kier alpha value is -1.68. The van der Waals surface area contributed by atoms with Gasteiger partial charge in [0.25, 0.3) is 0 Å². The lowest BCUT2D eigenvalue weighted by Gasteiger charge is -2.14. The van der Waals surface area contributed by atoms with Crippen molar-refractivity contribution in [2.45, 2.75) is 46.1 Å². The van der Waals surface area contributed by atoms with Gasteiger partial charge < -0.3 is 5.73 Å². The quantitative estimate of drug-likeness (QED) is 0.919. The smallest absolute Gasteiger partial charge is 0.123 e. The molecule has 0 aliphatic carbocycles. The molecule has 0 amide bonds. The van der Waals surface area contributed by atoms with Crippen molar-refractivity contribution >= 4 is 0 Å². The van der Waals surface area contributed by atoms with Crippen LogP contribution in [-0.2, 0) is 19.9 Å². The minimum absolute atomic E-state index is 0.0320. The van der Waals surface area contributed by atoms with Crippen LogP contribution in [-0.4, -0.2) is 15.8 Å². The molecule has 114 valence electrons. The molecule has 2 aromatic rings. The fourth-order valence-corrected chi connectivity index (χ4v) is 2.75. The Morgan fingerprint density at radius 2 is 2.00 bits per heavy atom. The summed E-state index contributed by atoms with van der Waals surface area (Å²) in [6.45, 7) is 6.11. The number of aromatic nitrogens is 2. The van der Waals surface area contributed by atoms with Crippen molar-refractivity contribution < 1.29 is 4.39 Å². The van der Waals surface area contributed by atoms with Gasteiger partial charge in [-0.15, -0.1) is 0 Å². The molecule has 3 nitrogen and oxygen atoms in total. The van der Waals surface area contributed by atoms with Crippen LogP contribution in [0.15, 0.2) is 18.2 Å². The predicted molar refractivity (Wildman–Crippen MR) is 83.8 cm³/mol. The molecule has 1 aromatic carbocycles. The standard InChI is InChI=1S/C17H24FN3/c1-11-5-6-15(18)9-14(11)10-16(19)7-8-17-12(2)20-21(4)13(17)3/h5-6,9,16H,7-8,10,19H2,1-4H3. The van der Waals surface area contributed by atoms with Crippen molar-refractivity contribution in [3.8, 4) is 0 Å². The first-order chi connectivity index (χ1) is 9.88. The molecule has 2 rings (SSSR count). The average molecular weight is 289 g/mol. The second-order valence-electron chi connectivity index (χ2n) is 5.85. The Balaban J connectivity index is 1.99. The van der Waals surface area contributed by atoms with Gasteiger partial charge in [0.1, 0.15) is 5.82 Å². The Morgan fingerprint density at radius 3 is 2.62 bits per heavy atom. The maximum Gasteiger partial charge on any atom is 0.123 e. The van der Waals surface area contributed by atoms with Gasteiger partial charge in [-0.25, -0.2) is 4.39 Å². The number of benzene rings is 1. The molecule has 1 atom stereocenters. The zero-order chi connectivity index (χ0) is 15.6. The summed E-state index contributed by atoms with van der Waals surface area (Å²) < 4.78 is 15.2. The lowest BCUT2D eigenvalue weighted by Crippen LogP contribution is -2.24. The summed E-state index contributed by atoms with van der Waals surface area (Å²) in [5, 5.41) is 4.42. The van der Waals surface area contributed by atoms with Crippen LogP contribution in [0, 0.1) is 26.6 Å². The van der Waals surface area contributed by atoms with Crippen LogP contribution in [0.2, 0.25) is 0 Å². The molecule has 0 bridgehead atoms. The van der Waals surface area contributed by atoms with E-state index in [0.717, 1.165) is 29.7 Å². The van der Waals surface area contributed by atoms with Crippen LogP contribution in [0.25, 0.3) is 0 Å². The third kappa shape index (κ3) is 3.70. The van der Waals surface area contributed by atoms with Crippen LogP contribution in [0.5, 0.6) is 0 Å². The van der Waals surface area contributed by atoms with Gasteiger partial charge >= 0.3 is 0 Å². The zero-order valence-corrected chi connectivity index (χ0v) is 13.3. The maximum atomic E-state index is 13.3. The molecule has 1 aromatic heterocycles. The van der Waals surface area contributed by atoms with Crippen LogP contribution in [0.3, 0.4) is 0 Å². The van der Waals surface area contributed by atoms with E-state index in [4.69, 9.17) is 5.73 Å². The summed E-state index contributed by atoms with van der Waals surface area (Å²) in [4.78, 5) is 0. The Labute approximate surface area is 126 Å². The first-order valence-corrected chi connectivity index (χ1v) is 7.38. The van der Waals surface area contributed by atoms with Gasteiger partial charge in [-0.1, -0.05) is 6.07 Å². The van der Waals surface area contributed by atoms with Crippen molar-refractivity contribution in [1.29, 1.82) is 0 Å². The molecule has 21 heavy (non-hydrogen) atoms. The van der Waals surface area contributed by atoms with E-state index in [1.165, 1.54) is 17.3 Å². The van der Waals surface area contributed by atoms with Crippen molar-refractivity contribution in [3.05, 3.63) is 52.1 Å². The number of nitrogens with zero attached hydrogens (tertiary/aromatic N) is 2. The van der Waals surface area contributed by atoms with Gasteiger partial charge in [-0.05, 0) is 68.9 Å². The fourth-order valence-electron chi connectivity index (χ4n) is 2.75. The van der Waals surface area contributed by atoms with E-state index in [-0.39, 0.29) is 11.9 Å². The fraction of sp³-hybridized carbons (Fsp3) is 0.471. The van der Waals surface area contributed by atoms with Crippen LogP contribution in [0.1, 0.15) is 34.5 Å². The molecule has 0 fully saturated rings. The lowest BCUT2D eigenvalue weighted by atomic mass is 9.96. The van der Waals surface area contributed by atoms with Crippen molar-refractivity contribution in [3.63, 3.8) is 0 Å². The molecular formula is C17H24FN3. The summed E-state index contributed by atoms with van der Waals surface area (Å²) >= 11 is 0. The molecule has 0 radical (unpaired) electrons. The normalized spacial score (nSPS) is 12.7. The highest BCUT2D eigenvalue weighted by Gasteiger charge is 2.12. The van der Waals surface area contributed by atoms with E-state index in [9.17, 15) is 4.39 Å². The van der Waals surface area contributed by atoms with Gasteiger partial charge in [0, 0.05) is 18.8 Å². The minimum Gasteiger partial charge on any atom is -0.327 e. The molecule has 2 N–H and O–H groups in total. The monoisotopic (exact) mass is 289 g/mol. The number of aryl methyl sites for hydroxylation is 3. The molecular weight excluding hydrogens is 265 g/mol. The van der Waals surface area contributed by atoms with E-state index in [2.05, 4.69) is 12.0 Å². The molecule has 1 unspecified atom stereocenters. The van der Waals surface area contributed by atoms with Gasteiger partial charge in [-0.3, -0.25) is 4.68 Å². The maximum absolute atomic E-state index is 13.3. The third-order valence-electron chi connectivity index (χ3n) is 4.22. The topological polar surface area (TPSA) is 43.8 Å². The zero-order valence-electron chi connectivity index (χ0n) is 13.3. The molecule has 0 saturated heterocycles. The number of hydrogen-bond acceptors (Lipinski definition) is 2. The molecule has 0 aliphatic heterocycles. The predicted octanol–water partition coefficient (Wildman–Crippen LogP) is 2.99. The molecule has 4 heteroatoms. The highest BCUT2D eigenvalue weighted by molar-refractivity contribution is 5.28. The number of rotatable bonds is 5. The highest BCUT2D eigenvalue weighted by Crippen LogP contribution is 2.17. The SMILES string of the molecule is Cc1ccc(F)cc1CC(N)CCc1c(C)nn(C)c1C. The van der Waals surface area contributed by atoms with E-state index < -0.39 is 0 Å². The molecule has 0 spiro atoms. The largest absolute Gasteiger partial charge is 0.327 e. The lowest BCUT2D eigenvalue weighted by molar-refractivity contribution is 0.595. The van der Waals surface area contributed by atoms with Gasteiger partial charge in [0.15, 0.2) is 0 Å². The third-order valence-corrected chi connectivity index (χ3v) is 4.22. The minimum atomic E-state index is -0.193. The summed E-state index contributed by atoms with van der Waals surface area (Å²) in [6, 6.07) is 4.93. The summed E-state index contributed by atoms with van der Waals surface area (Å²) in [5.41, 5.74) is 11.9. The van der Waals surface area contributed by atoms with Crippen LogP contribution < -0.4 is 5.73 Å². The Kier molecular flexibility index (Phi) is 4.78. The summed E-state index contributed by atoms with van der Waals surface area (Å²) in [5.74, 6) is -0.193. The second-order valence-corrected chi connectivity index (χ2v) is 5.85. The average Bonchev–Trinajstić information content (AvgIpc) is 2.66. The van der Waals surface area contributed by atoms with E-state index in [1.807, 2.05) is 31.6 Å². The van der Waals surface area contributed by atoms with Crippen molar-refractivity contribution in [1.82, 2.24) is 9.78 Å². The van der Waals surface area contributed by atoms with Crippen molar-refractivity contribution in [2.75, 3.05) is 0 Å². The van der Waals surface area contributed by atoms with Gasteiger partial charge in [-0.2, -0.15) is 5.10 Å². The molecule has 0 aliphatic rings. The highest BCUT2D eigenvalue weighted by atomic mass is 19.1. The molecule has 1 heterocycles. The van der Waals surface area contributed by atoms with E-state index in [0.29, 0.717) is 6.42 Å². The van der Waals surface area contributed by atoms with Crippen LogP contribution >= 0.6 is 0 Å². The number of hydrogen-bond donors (Lipinski definition) is 1. The van der Waals surface area contributed by atoms with Gasteiger partial charge in [0.2, 0.25) is 0 Å². The summed E-state index contributed by atoms with van der Waals surface area (Å²) in [7, 11) is 1.96. The number of halogens is 1. The molecule has 0 saturated carbocycles. The number of nitrogens with two attached hydrogens (primary N) is 1. The second kappa shape index (κ2) is 6.39.